The van der Waals surface area contributed by atoms with Gasteiger partial charge in [-0.05, 0) is 41.5 Å². The van der Waals surface area contributed by atoms with Gasteiger partial charge in [0.2, 0.25) is 6.79 Å². The zero-order valence-electron chi connectivity index (χ0n) is 15.4. The van der Waals surface area contributed by atoms with E-state index in [1.807, 2.05) is 41.1 Å². The van der Waals surface area contributed by atoms with Gasteiger partial charge in [0.1, 0.15) is 6.10 Å². The van der Waals surface area contributed by atoms with E-state index in [0.717, 1.165) is 28.3 Å². The van der Waals surface area contributed by atoms with Gasteiger partial charge in [0.05, 0.1) is 18.8 Å². The molecule has 7 nitrogen and oxygen atoms in total. The standard InChI is InChI=1S/C21H18ClN3O4/c22-15-3-1-2-13(6-15)9-23-21(26)17-8-16-11-27-20(10-25(16)24-17)14-4-5-18-19(7-14)29-12-28-18/h1-8,20H,9-12H2,(H,23,26)/t20-/m1/s1. The van der Waals surface area contributed by atoms with E-state index in [1.165, 1.54) is 0 Å². The summed E-state index contributed by atoms with van der Waals surface area (Å²) in [4.78, 5) is 12.5. The molecule has 0 aliphatic carbocycles. The second-order valence-corrected chi connectivity index (χ2v) is 7.36. The fourth-order valence-corrected chi connectivity index (χ4v) is 3.68. The molecule has 0 saturated heterocycles. The quantitative estimate of drug-likeness (QED) is 0.711. The highest BCUT2D eigenvalue weighted by molar-refractivity contribution is 6.30. The molecule has 0 bridgehead atoms. The van der Waals surface area contributed by atoms with Gasteiger partial charge >= 0.3 is 0 Å². The number of hydrogen-bond acceptors (Lipinski definition) is 5. The summed E-state index contributed by atoms with van der Waals surface area (Å²) < 4.78 is 18.6. The summed E-state index contributed by atoms with van der Waals surface area (Å²) in [6, 6.07) is 14.9. The molecule has 3 aromatic rings. The van der Waals surface area contributed by atoms with Crippen molar-refractivity contribution in [3.63, 3.8) is 0 Å². The van der Waals surface area contributed by atoms with Crippen LogP contribution in [0, 0.1) is 0 Å². The van der Waals surface area contributed by atoms with Crippen molar-refractivity contribution in [2.24, 2.45) is 0 Å². The lowest BCUT2D eigenvalue weighted by molar-refractivity contribution is -0.00128. The summed E-state index contributed by atoms with van der Waals surface area (Å²) in [5.74, 6) is 1.23. The molecule has 3 heterocycles. The average Bonchev–Trinajstić information content (AvgIpc) is 3.37. The minimum atomic E-state index is -0.230. The molecular formula is C21H18ClN3O4. The van der Waals surface area contributed by atoms with Gasteiger partial charge < -0.3 is 19.5 Å². The summed E-state index contributed by atoms with van der Waals surface area (Å²) in [5.41, 5.74) is 3.16. The molecule has 8 heteroatoms. The van der Waals surface area contributed by atoms with Gasteiger partial charge in [-0.2, -0.15) is 5.10 Å². The number of halogens is 1. The van der Waals surface area contributed by atoms with Gasteiger partial charge in [-0.1, -0.05) is 29.8 Å². The summed E-state index contributed by atoms with van der Waals surface area (Å²) in [6.45, 7) is 1.53. The summed E-state index contributed by atoms with van der Waals surface area (Å²) in [6.07, 6.45) is -0.167. The number of carbonyl (C=O) groups excluding carboxylic acids is 1. The maximum absolute atomic E-state index is 12.5. The maximum atomic E-state index is 12.5. The first-order valence-corrected chi connectivity index (χ1v) is 9.64. The monoisotopic (exact) mass is 411 g/mol. The fourth-order valence-electron chi connectivity index (χ4n) is 3.47. The summed E-state index contributed by atoms with van der Waals surface area (Å²) in [5, 5.41) is 7.99. The molecule has 5 rings (SSSR count). The molecule has 1 atom stereocenters. The van der Waals surface area contributed by atoms with Crippen molar-refractivity contribution >= 4 is 17.5 Å². The van der Waals surface area contributed by atoms with Crippen molar-refractivity contribution in [2.75, 3.05) is 6.79 Å². The smallest absolute Gasteiger partial charge is 0.272 e. The molecule has 2 aliphatic heterocycles. The van der Waals surface area contributed by atoms with E-state index in [0.29, 0.717) is 30.4 Å². The average molecular weight is 412 g/mol. The Balaban J connectivity index is 1.27. The van der Waals surface area contributed by atoms with Crippen molar-refractivity contribution in [3.05, 3.63) is 76.1 Å². The van der Waals surface area contributed by atoms with Crippen LogP contribution in [0.4, 0.5) is 0 Å². The fraction of sp³-hybridized carbons (Fsp3) is 0.238. The highest BCUT2D eigenvalue weighted by Gasteiger charge is 2.25. The topological polar surface area (TPSA) is 74.6 Å². The van der Waals surface area contributed by atoms with Gasteiger partial charge in [0, 0.05) is 11.6 Å². The van der Waals surface area contributed by atoms with Crippen LogP contribution in [0.5, 0.6) is 11.5 Å². The van der Waals surface area contributed by atoms with Crippen LogP contribution in [0.3, 0.4) is 0 Å². The predicted octanol–water partition coefficient (Wildman–Crippen LogP) is 3.47. The number of carbonyl (C=O) groups is 1. The number of hydrogen-bond donors (Lipinski definition) is 1. The van der Waals surface area contributed by atoms with Crippen molar-refractivity contribution in [3.8, 4) is 11.5 Å². The number of rotatable bonds is 4. The van der Waals surface area contributed by atoms with Crippen molar-refractivity contribution in [1.29, 1.82) is 0 Å². The Labute approximate surface area is 172 Å². The second-order valence-electron chi connectivity index (χ2n) is 6.93. The predicted molar refractivity (Wildman–Crippen MR) is 105 cm³/mol. The van der Waals surface area contributed by atoms with Crippen LogP contribution >= 0.6 is 11.6 Å². The number of ether oxygens (including phenoxy) is 3. The van der Waals surface area contributed by atoms with E-state index in [9.17, 15) is 4.79 Å². The van der Waals surface area contributed by atoms with E-state index in [2.05, 4.69) is 10.4 Å². The Hall–Kier alpha value is -3.03. The molecule has 0 radical (unpaired) electrons. The third kappa shape index (κ3) is 3.66. The van der Waals surface area contributed by atoms with Crippen molar-refractivity contribution in [1.82, 2.24) is 15.1 Å². The van der Waals surface area contributed by atoms with Crippen LogP contribution in [0.15, 0.2) is 48.5 Å². The Bertz CT molecular complexity index is 1080. The highest BCUT2D eigenvalue weighted by atomic mass is 35.5. The SMILES string of the molecule is O=C(NCc1cccc(Cl)c1)c1cc2n(n1)C[C@H](c1ccc3c(c1)OCO3)OC2. The molecule has 2 aromatic carbocycles. The lowest BCUT2D eigenvalue weighted by atomic mass is 10.1. The largest absolute Gasteiger partial charge is 0.454 e. The van der Waals surface area contributed by atoms with Crippen LogP contribution in [0.1, 0.15) is 33.4 Å². The molecule has 0 spiro atoms. The number of amides is 1. The third-order valence-electron chi connectivity index (χ3n) is 4.98. The summed E-state index contributed by atoms with van der Waals surface area (Å²) in [7, 11) is 0. The van der Waals surface area contributed by atoms with Gasteiger partial charge in [0.25, 0.3) is 5.91 Å². The van der Waals surface area contributed by atoms with E-state index < -0.39 is 0 Å². The minimum absolute atomic E-state index is 0.167. The van der Waals surface area contributed by atoms with Gasteiger partial charge in [-0.25, -0.2) is 0 Å². The first-order chi connectivity index (χ1) is 14.2. The molecule has 1 amide bonds. The van der Waals surface area contributed by atoms with Crippen LogP contribution in [-0.2, 0) is 24.4 Å². The summed E-state index contributed by atoms with van der Waals surface area (Å²) >= 11 is 5.98. The molecule has 0 saturated carbocycles. The zero-order valence-corrected chi connectivity index (χ0v) is 16.2. The normalized spacial score (nSPS) is 17.1. The maximum Gasteiger partial charge on any atom is 0.272 e. The third-order valence-corrected chi connectivity index (χ3v) is 5.21. The number of fused-ring (bicyclic) bond motifs is 2. The van der Waals surface area contributed by atoms with Gasteiger partial charge in [-0.15, -0.1) is 0 Å². The molecule has 2 aliphatic rings. The lowest BCUT2D eigenvalue weighted by Gasteiger charge is -2.24. The molecule has 0 fully saturated rings. The van der Waals surface area contributed by atoms with Gasteiger partial charge in [-0.3, -0.25) is 9.48 Å². The van der Waals surface area contributed by atoms with Crippen molar-refractivity contribution in [2.45, 2.75) is 25.8 Å². The Kier molecular flexibility index (Phi) is 4.61. The molecule has 1 N–H and O–H groups in total. The Morgan fingerprint density at radius 2 is 2.07 bits per heavy atom. The molecular weight excluding hydrogens is 394 g/mol. The van der Waals surface area contributed by atoms with E-state index in [1.54, 1.807) is 12.1 Å². The first kappa shape index (κ1) is 18.0. The molecule has 29 heavy (non-hydrogen) atoms. The molecule has 148 valence electrons. The lowest BCUT2D eigenvalue weighted by Crippen LogP contribution is -2.24. The van der Waals surface area contributed by atoms with E-state index in [-0.39, 0.29) is 18.8 Å². The van der Waals surface area contributed by atoms with Crippen LogP contribution in [-0.4, -0.2) is 22.5 Å². The Morgan fingerprint density at radius 1 is 1.17 bits per heavy atom. The number of nitrogens with one attached hydrogen (secondary N) is 1. The van der Waals surface area contributed by atoms with E-state index >= 15 is 0 Å². The number of benzene rings is 2. The van der Waals surface area contributed by atoms with Crippen molar-refractivity contribution < 1.29 is 19.0 Å². The number of nitrogens with zero attached hydrogens (tertiary/aromatic N) is 2. The van der Waals surface area contributed by atoms with E-state index in [4.69, 9.17) is 25.8 Å². The molecule has 0 unspecified atom stereocenters. The number of aromatic nitrogens is 2. The second kappa shape index (κ2) is 7.42. The van der Waals surface area contributed by atoms with Crippen LogP contribution in [0.2, 0.25) is 5.02 Å². The minimum Gasteiger partial charge on any atom is -0.454 e. The first-order valence-electron chi connectivity index (χ1n) is 9.26. The molecule has 1 aromatic heterocycles. The van der Waals surface area contributed by atoms with Gasteiger partial charge in [0.15, 0.2) is 17.2 Å². The zero-order chi connectivity index (χ0) is 19.8. The highest BCUT2D eigenvalue weighted by Crippen LogP contribution is 2.36. The Morgan fingerprint density at radius 3 is 2.97 bits per heavy atom. The van der Waals surface area contributed by atoms with Crippen LogP contribution < -0.4 is 14.8 Å². The van der Waals surface area contributed by atoms with Crippen LogP contribution in [0.25, 0.3) is 0 Å².